The summed E-state index contributed by atoms with van der Waals surface area (Å²) in [5, 5.41) is 1.63. The van der Waals surface area contributed by atoms with Crippen molar-refractivity contribution in [2.75, 3.05) is 0 Å². The van der Waals surface area contributed by atoms with Gasteiger partial charge in [0.05, 0.1) is 0 Å². The summed E-state index contributed by atoms with van der Waals surface area (Å²) < 4.78 is 11.6. The molecular weight excluding hydrogens is 340 g/mol. The van der Waals surface area contributed by atoms with E-state index in [9.17, 15) is 9.59 Å². The lowest BCUT2D eigenvalue weighted by atomic mass is 9.87. The number of carbonyl (C=O) groups is 2. The number of benzene rings is 2. The monoisotopic (exact) mass is 366 g/mol. The number of hydrogen-bond donors (Lipinski definition) is 0. The molecule has 3 rings (SSSR count). The number of carbonyl (C=O) groups excluding carboxylic acids is 2. The third-order valence-electron chi connectivity index (χ3n) is 4.78. The van der Waals surface area contributed by atoms with Crippen molar-refractivity contribution in [1.29, 1.82) is 0 Å². The number of allylic oxidation sites excluding steroid dienone is 2. The van der Waals surface area contributed by atoms with Crippen molar-refractivity contribution < 1.29 is 19.1 Å². The summed E-state index contributed by atoms with van der Waals surface area (Å²) >= 11 is 0. The van der Waals surface area contributed by atoms with Crippen LogP contribution >= 0.6 is 0 Å². The molecule has 0 amide bonds. The smallest absolute Gasteiger partial charge is 0.311 e. The lowest BCUT2D eigenvalue weighted by Crippen LogP contribution is -2.15. The number of esters is 2. The highest BCUT2D eigenvalue weighted by atomic mass is 16.5. The molecule has 142 valence electrons. The van der Waals surface area contributed by atoms with Gasteiger partial charge in [-0.15, -0.1) is 0 Å². The first kappa shape index (κ1) is 19.2. The molecule has 0 bridgehead atoms. The third kappa shape index (κ3) is 4.05. The fourth-order valence-electron chi connectivity index (χ4n) is 3.48. The largest absolute Gasteiger partial charge is 0.426 e. The summed E-state index contributed by atoms with van der Waals surface area (Å²) in [6, 6.07) is 7.67. The van der Waals surface area contributed by atoms with Crippen LogP contribution in [0.1, 0.15) is 57.6 Å². The minimum Gasteiger partial charge on any atom is -0.426 e. The van der Waals surface area contributed by atoms with Gasteiger partial charge in [0.2, 0.25) is 0 Å². The average Bonchev–Trinajstić information content (AvgIpc) is 2.64. The molecule has 1 aliphatic carbocycles. The fraction of sp³-hybridized carbons (Fsp3) is 0.391. The van der Waals surface area contributed by atoms with E-state index >= 15 is 0 Å². The van der Waals surface area contributed by atoms with Crippen molar-refractivity contribution in [3.05, 3.63) is 47.0 Å². The lowest BCUT2D eigenvalue weighted by Gasteiger charge is -2.24. The Morgan fingerprint density at radius 1 is 0.889 bits per heavy atom. The first-order chi connectivity index (χ1) is 13.0. The van der Waals surface area contributed by atoms with Crippen molar-refractivity contribution in [3.8, 4) is 11.5 Å². The Morgan fingerprint density at radius 3 is 1.93 bits per heavy atom. The molecule has 0 spiro atoms. The maximum Gasteiger partial charge on any atom is 0.311 e. The first-order valence-corrected chi connectivity index (χ1v) is 9.68. The highest BCUT2D eigenvalue weighted by molar-refractivity contribution is 5.99. The maximum absolute atomic E-state index is 12.2. The summed E-state index contributed by atoms with van der Waals surface area (Å²) in [6.07, 6.45) is 5.74. The maximum atomic E-state index is 12.2. The molecule has 0 saturated heterocycles. The zero-order valence-corrected chi connectivity index (χ0v) is 16.3. The molecule has 0 radical (unpaired) electrons. The number of hydrogen-bond acceptors (Lipinski definition) is 4. The molecule has 0 aromatic heterocycles. The lowest BCUT2D eigenvalue weighted by molar-refractivity contribution is -0.135. The van der Waals surface area contributed by atoms with Crippen LogP contribution in [0.4, 0.5) is 0 Å². The van der Waals surface area contributed by atoms with E-state index in [2.05, 4.69) is 13.0 Å². The van der Waals surface area contributed by atoms with E-state index < -0.39 is 0 Å². The molecule has 0 atom stereocenters. The van der Waals surface area contributed by atoms with Crippen LogP contribution in [0.15, 0.2) is 35.9 Å². The van der Waals surface area contributed by atoms with Gasteiger partial charge < -0.3 is 9.47 Å². The number of ether oxygens (including phenoxy) is 2. The second-order valence-corrected chi connectivity index (χ2v) is 7.04. The van der Waals surface area contributed by atoms with E-state index in [0.29, 0.717) is 37.2 Å². The van der Waals surface area contributed by atoms with Gasteiger partial charge in [-0.05, 0) is 32.6 Å². The second-order valence-electron chi connectivity index (χ2n) is 7.04. The van der Waals surface area contributed by atoms with Gasteiger partial charge in [-0.25, -0.2) is 0 Å². The minimum atomic E-state index is -0.230. The molecule has 4 heteroatoms. The van der Waals surface area contributed by atoms with Gasteiger partial charge in [0, 0.05) is 34.7 Å². The predicted octanol–water partition coefficient (Wildman–Crippen LogP) is 5.30. The van der Waals surface area contributed by atoms with Crippen LogP contribution in [0, 0.1) is 0 Å². The predicted molar refractivity (Wildman–Crippen MR) is 106 cm³/mol. The Kier molecular flexibility index (Phi) is 5.94. The normalized spacial score (nSPS) is 13.1. The average molecular weight is 366 g/mol. The molecule has 0 unspecified atom stereocenters. The molecule has 27 heavy (non-hydrogen) atoms. The SMILES string of the molecule is CCCC(=O)Oc1c2c(c(OC(=O)CCC)c3ccccc13)CC(C)=CC2. The Balaban J connectivity index is 2.19. The second kappa shape index (κ2) is 8.38. The van der Waals surface area contributed by atoms with Crippen molar-refractivity contribution in [2.45, 2.75) is 59.3 Å². The van der Waals surface area contributed by atoms with Gasteiger partial charge in [-0.3, -0.25) is 9.59 Å². The Labute approximate surface area is 160 Å². The Bertz CT molecular complexity index is 908. The minimum absolute atomic E-state index is 0.229. The highest BCUT2D eigenvalue weighted by Gasteiger charge is 2.25. The highest BCUT2D eigenvalue weighted by Crippen LogP contribution is 2.44. The molecule has 2 aromatic carbocycles. The van der Waals surface area contributed by atoms with Crippen LogP contribution in [-0.4, -0.2) is 11.9 Å². The Hall–Kier alpha value is -2.62. The van der Waals surface area contributed by atoms with Gasteiger partial charge in [-0.1, -0.05) is 49.8 Å². The van der Waals surface area contributed by atoms with Gasteiger partial charge in [0.1, 0.15) is 11.5 Å². The van der Waals surface area contributed by atoms with Crippen LogP contribution in [-0.2, 0) is 22.4 Å². The van der Waals surface area contributed by atoms with Crippen LogP contribution in [0.5, 0.6) is 11.5 Å². The van der Waals surface area contributed by atoms with Crippen LogP contribution < -0.4 is 9.47 Å². The molecule has 0 N–H and O–H groups in total. The van der Waals surface area contributed by atoms with E-state index in [4.69, 9.17) is 9.47 Å². The van der Waals surface area contributed by atoms with Gasteiger partial charge in [0.15, 0.2) is 0 Å². The number of fused-ring (bicyclic) bond motifs is 2. The summed E-state index contributed by atoms with van der Waals surface area (Å²) in [4.78, 5) is 24.5. The quantitative estimate of drug-likeness (QED) is 0.396. The van der Waals surface area contributed by atoms with E-state index in [0.717, 1.165) is 34.7 Å². The van der Waals surface area contributed by atoms with Gasteiger partial charge in [-0.2, -0.15) is 0 Å². The number of rotatable bonds is 6. The molecule has 2 aromatic rings. The van der Waals surface area contributed by atoms with Crippen molar-refractivity contribution in [3.63, 3.8) is 0 Å². The van der Waals surface area contributed by atoms with Crippen LogP contribution in [0.25, 0.3) is 10.8 Å². The summed E-state index contributed by atoms with van der Waals surface area (Å²) in [6.45, 7) is 5.98. The van der Waals surface area contributed by atoms with E-state index in [1.807, 2.05) is 38.1 Å². The van der Waals surface area contributed by atoms with E-state index in [1.165, 1.54) is 5.57 Å². The summed E-state index contributed by atoms with van der Waals surface area (Å²) in [7, 11) is 0. The molecule has 0 heterocycles. The standard InChI is InChI=1S/C23H26O4/c1-4-8-20(24)26-22-16-10-6-7-11-17(16)23(27-21(25)9-5-2)19-14-15(3)12-13-18(19)22/h6-7,10-12H,4-5,8-9,13-14H2,1-3H3. The third-order valence-corrected chi connectivity index (χ3v) is 4.78. The van der Waals surface area contributed by atoms with Crippen molar-refractivity contribution in [1.82, 2.24) is 0 Å². The topological polar surface area (TPSA) is 52.6 Å². The van der Waals surface area contributed by atoms with E-state index in [-0.39, 0.29) is 11.9 Å². The van der Waals surface area contributed by atoms with Crippen molar-refractivity contribution >= 4 is 22.7 Å². The Morgan fingerprint density at radius 2 is 1.41 bits per heavy atom. The fourth-order valence-corrected chi connectivity index (χ4v) is 3.48. The van der Waals surface area contributed by atoms with E-state index in [1.54, 1.807) is 0 Å². The zero-order valence-electron chi connectivity index (χ0n) is 16.3. The molecule has 0 aliphatic heterocycles. The molecular formula is C23H26O4. The summed E-state index contributed by atoms with van der Waals surface area (Å²) in [5.74, 6) is 0.763. The molecule has 4 nitrogen and oxygen atoms in total. The molecule has 1 aliphatic rings. The first-order valence-electron chi connectivity index (χ1n) is 9.68. The van der Waals surface area contributed by atoms with Gasteiger partial charge >= 0.3 is 11.9 Å². The molecule has 0 saturated carbocycles. The van der Waals surface area contributed by atoms with Gasteiger partial charge in [0.25, 0.3) is 0 Å². The molecule has 0 fully saturated rings. The zero-order chi connectivity index (χ0) is 19.4. The summed E-state index contributed by atoms with van der Waals surface area (Å²) in [5.41, 5.74) is 3.12. The van der Waals surface area contributed by atoms with Crippen molar-refractivity contribution in [2.24, 2.45) is 0 Å². The van der Waals surface area contributed by atoms with Crippen LogP contribution in [0.2, 0.25) is 0 Å². The van der Waals surface area contributed by atoms with Crippen LogP contribution in [0.3, 0.4) is 0 Å².